The number of pyridine rings is 1. The molecule has 6 heteroatoms. The topological polar surface area (TPSA) is 51.7 Å². The van der Waals surface area contributed by atoms with Gasteiger partial charge >= 0.3 is 0 Å². The van der Waals surface area contributed by atoms with Crippen LogP contribution in [0.15, 0.2) is 36.5 Å². The van der Waals surface area contributed by atoms with Crippen molar-refractivity contribution in [2.75, 3.05) is 24.7 Å². The van der Waals surface area contributed by atoms with Crippen LogP contribution in [0.5, 0.6) is 11.5 Å². The Bertz CT molecular complexity index is 851. The SMILES string of the molecule is O=C(/C=C/c1cc(Cl)c2c(c1)OCCO2)N1CCCc2ncccc21. The molecular weight excluding hydrogens is 340 g/mol. The lowest BCUT2D eigenvalue weighted by Gasteiger charge is -2.27. The number of fused-ring (bicyclic) bond motifs is 2. The van der Waals surface area contributed by atoms with E-state index in [4.69, 9.17) is 21.1 Å². The number of benzene rings is 1. The third-order valence-electron chi connectivity index (χ3n) is 4.26. The lowest BCUT2D eigenvalue weighted by molar-refractivity contribution is -0.114. The molecule has 0 radical (unpaired) electrons. The molecule has 4 rings (SSSR count). The number of carbonyl (C=O) groups excluding carboxylic acids is 1. The fraction of sp³-hybridized carbons (Fsp3) is 0.263. The maximum absolute atomic E-state index is 12.6. The van der Waals surface area contributed by atoms with E-state index in [9.17, 15) is 4.79 Å². The molecule has 128 valence electrons. The predicted molar refractivity (Wildman–Crippen MR) is 96.4 cm³/mol. The minimum atomic E-state index is -0.0695. The van der Waals surface area contributed by atoms with Gasteiger partial charge in [-0.05, 0) is 48.7 Å². The van der Waals surface area contributed by atoms with Crippen molar-refractivity contribution in [1.82, 2.24) is 4.98 Å². The van der Waals surface area contributed by atoms with Crippen molar-refractivity contribution in [3.63, 3.8) is 0 Å². The summed E-state index contributed by atoms with van der Waals surface area (Å²) >= 11 is 6.24. The highest BCUT2D eigenvalue weighted by Crippen LogP contribution is 2.38. The number of carbonyl (C=O) groups is 1. The maximum atomic E-state index is 12.6. The third-order valence-corrected chi connectivity index (χ3v) is 4.54. The summed E-state index contributed by atoms with van der Waals surface area (Å²) in [5.41, 5.74) is 2.66. The van der Waals surface area contributed by atoms with Gasteiger partial charge in [-0.3, -0.25) is 9.78 Å². The Morgan fingerprint density at radius 1 is 1.28 bits per heavy atom. The molecule has 2 aliphatic rings. The van der Waals surface area contributed by atoms with E-state index in [1.54, 1.807) is 29.3 Å². The number of hydrogen-bond acceptors (Lipinski definition) is 4. The number of nitrogens with zero attached hydrogens (tertiary/aromatic N) is 2. The molecule has 1 aromatic heterocycles. The van der Waals surface area contributed by atoms with E-state index in [0.717, 1.165) is 29.8 Å². The quantitative estimate of drug-likeness (QED) is 0.773. The first-order chi connectivity index (χ1) is 12.2. The second kappa shape index (κ2) is 6.76. The minimum Gasteiger partial charge on any atom is -0.486 e. The second-order valence-electron chi connectivity index (χ2n) is 5.92. The Labute approximate surface area is 150 Å². The fourth-order valence-electron chi connectivity index (χ4n) is 3.11. The molecule has 0 fully saturated rings. The van der Waals surface area contributed by atoms with Gasteiger partial charge in [0.1, 0.15) is 13.2 Å². The molecule has 1 aromatic carbocycles. The molecule has 2 aromatic rings. The van der Waals surface area contributed by atoms with Crippen LogP contribution in [0.4, 0.5) is 5.69 Å². The summed E-state index contributed by atoms with van der Waals surface area (Å²) in [6.45, 7) is 1.68. The highest BCUT2D eigenvalue weighted by Gasteiger charge is 2.21. The number of ether oxygens (including phenoxy) is 2. The van der Waals surface area contributed by atoms with Gasteiger partial charge in [-0.2, -0.15) is 0 Å². The van der Waals surface area contributed by atoms with E-state index in [1.165, 1.54) is 0 Å². The molecule has 0 spiro atoms. The molecule has 3 heterocycles. The van der Waals surface area contributed by atoms with Gasteiger partial charge < -0.3 is 14.4 Å². The normalized spacial score (nSPS) is 16.0. The van der Waals surface area contributed by atoms with E-state index in [2.05, 4.69) is 4.98 Å². The van der Waals surface area contributed by atoms with E-state index in [-0.39, 0.29) is 5.91 Å². The zero-order valence-corrected chi connectivity index (χ0v) is 14.3. The standard InChI is InChI=1S/C19H17ClN2O3/c20-14-11-13(12-17-19(14)25-10-9-24-17)5-6-18(23)22-8-2-3-15-16(22)4-1-7-21-15/h1,4-7,11-12H,2-3,8-10H2/b6-5+. The van der Waals surface area contributed by atoms with Gasteiger partial charge in [0.15, 0.2) is 11.5 Å². The van der Waals surface area contributed by atoms with Crippen molar-refractivity contribution < 1.29 is 14.3 Å². The summed E-state index contributed by atoms with van der Waals surface area (Å²) in [7, 11) is 0. The van der Waals surface area contributed by atoms with Crippen molar-refractivity contribution in [1.29, 1.82) is 0 Å². The molecule has 0 atom stereocenters. The van der Waals surface area contributed by atoms with Crippen molar-refractivity contribution >= 4 is 29.3 Å². The molecule has 5 nitrogen and oxygen atoms in total. The highest BCUT2D eigenvalue weighted by atomic mass is 35.5. The van der Waals surface area contributed by atoms with E-state index < -0.39 is 0 Å². The summed E-state index contributed by atoms with van der Waals surface area (Å²) < 4.78 is 11.1. The van der Waals surface area contributed by atoms with E-state index >= 15 is 0 Å². The first-order valence-electron chi connectivity index (χ1n) is 8.25. The summed E-state index contributed by atoms with van der Waals surface area (Å²) in [5, 5.41) is 0.483. The Morgan fingerprint density at radius 2 is 2.16 bits per heavy atom. The van der Waals surface area contributed by atoms with Gasteiger partial charge in [0, 0.05) is 18.8 Å². The molecule has 2 aliphatic heterocycles. The van der Waals surface area contributed by atoms with Crippen molar-refractivity contribution in [2.45, 2.75) is 12.8 Å². The highest BCUT2D eigenvalue weighted by molar-refractivity contribution is 6.32. The van der Waals surface area contributed by atoms with Gasteiger partial charge in [0.25, 0.3) is 5.91 Å². The average molecular weight is 357 g/mol. The first-order valence-corrected chi connectivity index (χ1v) is 8.63. The fourth-order valence-corrected chi connectivity index (χ4v) is 3.38. The van der Waals surface area contributed by atoms with Crippen LogP contribution in [0.1, 0.15) is 17.7 Å². The molecule has 25 heavy (non-hydrogen) atoms. The van der Waals surface area contributed by atoms with Gasteiger partial charge in [-0.25, -0.2) is 0 Å². The van der Waals surface area contributed by atoms with Crippen LogP contribution in [0.3, 0.4) is 0 Å². The molecule has 1 amide bonds. The number of anilines is 1. The molecule has 0 N–H and O–H groups in total. The van der Waals surface area contributed by atoms with Crippen LogP contribution in [0.25, 0.3) is 6.08 Å². The zero-order chi connectivity index (χ0) is 17.2. The largest absolute Gasteiger partial charge is 0.486 e. The number of aryl methyl sites for hydroxylation is 1. The van der Waals surface area contributed by atoms with Gasteiger partial charge in [-0.15, -0.1) is 0 Å². The summed E-state index contributed by atoms with van der Waals surface area (Å²) in [4.78, 5) is 18.8. The van der Waals surface area contributed by atoms with Crippen LogP contribution in [-0.2, 0) is 11.2 Å². The van der Waals surface area contributed by atoms with E-state index in [0.29, 0.717) is 36.3 Å². The smallest absolute Gasteiger partial charge is 0.251 e. The summed E-state index contributed by atoms with van der Waals surface area (Å²) in [5.74, 6) is 1.10. The van der Waals surface area contributed by atoms with Gasteiger partial charge in [0.2, 0.25) is 0 Å². The number of amides is 1. The minimum absolute atomic E-state index is 0.0695. The molecule has 0 aliphatic carbocycles. The average Bonchev–Trinajstić information content (AvgIpc) is 2.66. The Balaban J connectivity index is 1.57. The van der Waals surface area contributed by atoms with Crippen LogP contribution in [-0.4, -0.2) is 30.6 Å². The van der Waals surface area contributed by atoms with Crippen LogP contribution < -0.4 is 14.4 Å². The molecule has 0 saturated heterocycles. The molecule has 0 saturated carbocycles. The Morgan fingerprint density at radius 3 is 3.08 bits per heavy atom. The Hall–Kier alpha value is -2.53. The second-order valence-corrected chi connectivity index (χ2v) is 6.33. The van der Waals surface area contributed by atoms with Crippen LogP contribution in [0.2, 0.25) is 5.02 Å². The number of hydrogen-bond donors (Lipinski definition) is 0. The lowest BCUT2D eigenvalue weighted by Crippen LogP contribution is -2.34. The number of aromatic nitrogens is 1. The van der Waals surface area contributed by atoms with E-state index in [1.807, 2.05) is 18.2 Å². The van der Waals surface area contributed by atoms with Crippen molar-refractivity contribution in [2.24, 2.45) is 0 Å². The molecular formula is C19H17ClN2O3. The Kier molecular flexibility index (Phi) is 4.32. The summed E-state index contributed by atoms with van der Waals surface area (Å²) in [6.07, 6.45) is 6.89. The predicted octanol–water partition coefficient (Wildman–Crippen LogP) is 3.50. The van der Waals surface area contributed by atoms with Crippen molar-refractivity contribution in [3.05, 3.63) is 52.8 Å². The third kappa shape index (κ3) is 3.20. The van der Waals surface area contributed by atoms with Crippen LogP contribution >= 0.6 is 11.6 Å². The zero-order valence-electron chi connectivity index (χ0n) is 13.6. The maximum Gasteiger partial charge on any atom is 0.251 e. The van der Waals surface area contributed by atoms with Crippen molar-refractivity contribution in [3.8, 4) is 11.5 Å². The number of halogens is 1. The summed E-state index contributed by atoms with van der Waals surface area (Å²) in [6, 6.07) is 7.39. The molecule has 0 unspecified atom stereocenters. The lowest BCUT2D eigenvalue weighted by atomic mass is 10.1. The number of rotatable bonds is 2. The first kappa shape index (κ1) is 16.0. The molecule has 0 bridgehead atoms. The monoisotopic (exact) mass is 356 g/mol. The van der Waals surface area contributed by atoms with Gasteiger partial charge in [0.05, 0.1) is 16.4 Å². The van der Waals surface area contributed by atoms with Gasteiger partial charge in [-0.1, -0.05) is 11.6 Å². The van der Waals surface area contributed by atoms with Crippen LogP contribution in [0, 0.1) is 0 Å².